The number of piperidine rings is 1. The van der Waals surface area contributed by atoms with E-state index in [2.05, 4.69) is 17.0 Å². The molecule has 1 aliphatic carbocycles. The minimum atomic E-state index is -0.127. The van der Waals surface area contributed by atoms with Gasteiger partial charge in [-0.15, -0.1) is 0 Å². The Morgan fingerprint density at radius 1 is 1.08 bits per heavy atom. The molecule has 2 aromatic carbocycles. The second kappa shape index (κ2) is 7.15. The molecule has 2 N–H and O–H groups in total. The Kier molecular flexibility index (Phi) is 4.87. The summed E-state index contributed by atoms with van der Waals surface area (Å²) in [5, 5.41) is 0.786. The van der Waals surface area contributed by atoms with E-state index in [0.29, 0.717) is 12.3 Å². The molecule has 0 radical (unpaired) electrons. The third kappa shape index (κ3) is 3.44. The highest BCUT2D eigenvalue weighted by molar-refractivity contribution is 6.30. The van der Waals surface area contributed by atoms with Gasteiger partial charge >= 0.3 is 0 Å². The van der Waals surface area contributed by atoms with Crippen LogP contribution in [-0.2, 0) is 0 Å². The Labute approximate surface area is 160 Å². The first-order valence-corrected chi connectivity index (χ1v) is 9.81. The van der Waals surface area contributed by atoms with Crippen LogP contribution in [0, 0.1) is 0 Å². The topological polar surface area (TPSA) is 46.3 Å². The fourth-order valence-electron chi connectivity index (χ4n) is 4.40. The van der Waals surface area contributed by atoms with Crippen molar-refractivity contribution >= 4 is 17.4 Å². The molecule has 4 heteroatoms. The van der Waals surface area contributed by atoms with E-state index in [9.17, 15) is 4.79 Å². The molecule has 2 unspecified atom stereocenters. The number of nitrogens with two attached hydrogens (primary N) is 1. The van der Waals surface area contributed by atoms with E-state index in [-0.39, 0.29) is 17.4 Å². The van der Waals surface area contributed by atoms with Gasteiger partial charge in [0.2, 0.25) is 0 Å². The standard InChI is InChI=1S/C22H25ClN2O/c23-19-8-6-16(7-9-19)17-10-12-25(13-11-17)22(15-21(22)24)14-20(26)18-4-2-1-3-5-18/h1-9,17,21H,10-15,24H2. The van der Waals surface area contributed by atoms with Crippen molar-refractivity contribution in [1.82, 2.24) is 4.90 Å². The van der Waals surface area contributed by atoms with Crippen molar-refractivity contribution in [3.05, 3.63) is 70.7 Å². The van der Waals surface area contributed by atoms with Crippen molar-refractivity contribution in [1.29, 1.82) is 0 Å². The molecule has 4 rings (SSSR count). The molecule has 1 heterocycles. The average Bonchev–Trinajstić information content (AvgIpc) is 3.33. The number of benzene rings is 2. The van der Waals surface area contributed by atoms with Gasteiger partial charge in [0, 0.05) is 28.6 Å². The van der Waals surface area contributed by atoms with Crippen molar-refractivity contribution in [2.45, 2.75) is 43.2 Å². The summed E-state index contributed by atoms with van der Waals surface area (Å²) in [6.07, 6.45) is 3.67. The van der Waals surface area contributed by atoms with Crippen LogP contribution in [-0.4, -0.2) is 35.4 Å². The van der Waals surface area contributed by atoms with E-state index < -0.39 is 0 Å². The van der Waals surface area contributed by atoms with Crippen molar-refractivity contribution in [2.75, 3.05) is 13.1 Å². The molecule has 2 aromatic rings. The summed E-state index contributed by atoms with van der Waals surface area (Å²) in [6.45, 7) is 2.01. The highest BCUT2D eigenvalue weighted by Crippen LogP contribution is 2.46. The number of nitrogens with zero attached hydrogens (tertiary/aromatic N) is 1. The number of halogens is 1. The number of Topliss-reactive ketones (excluding diaryl/α,β-unsaturated/α-hetero) is 1. The molecule has 2 fully saturated rings. The zero-order chi connectivity index (χ0) is 18.1. The Bertz CT molecular complexity index is 768. The molecule has 2 aliphatic rings. The maximum atomic E-state index is 12.7. The molecule has 0 amide bonds. The summed E-state index contributed by atoms with van der Waals surface area (Å²) in [4.78, 5) is 15.2. The van der Waals surface area contributed by atoms with Crippen LogP contribution >= 0.6 is 11.6 Å². The van der Waals surface area contributed by atoms with Gasteiger partial charge in [0.15, 0.2) is 5.78 Å². The molecule has 136 valence electrons. The number of rotatable bonds is 5. The Morgan fingerprint density at radius 3 is 2.27 bits per heavy atom. The minimum Gasteiger partial charge on any atom is -0.326 e. The van der Waals surface area contributed by atoms with Crippen LogP contribution in [0.2, 0.25) is 5.02 Å². The van der Waals surface area contributed by atoms with Gasteiger partial charge in [0.1, 0.15) is 0 Å². The van der Waals surface area contributed by atoms with Crippen molar-refractivity contribution in [2.24, 2.45) is 5.73 Å². The first-order chi connectivity index (χ1) is 12.6. The van der Waals surface area contributed by atoms with Gasteiger partial charge in [-0.3, -0.25) is 9.69 Å². The van der Waals surface area contributed by atoms with E-state index in [1.807, 2.05) is 42.5 Å². The highest BCUT2D eigenvalue weighted by atomic mass is 35.5. The quantitative estimate of drug-likeness (QED) is 0.802. The smallest absolute Gasteiger partial charge is 0.164 e. The Hall–Kier alpha value is -1.68. The second-order valence-electron chi connectivity index (χ2n) is 7.69. The van der Waals surface area contributed by atoms with Gasteiger partial charge in [-0.25, -0.2) is 0 Å². The van der Waals surface area contributed by atoms with Gasteiger partial charge in [-0.05, 0) is 56.0 Å². The lowest BCUT2D eigenvalue weighted by atomic mass is 9.88. The number of carbonyl (C=O) groups excluding carboxylic acids is 1. The van der Waals surface area contributed by atoms with E-state index in [0.717, 1.165) is 42.9 Å². The van der Waals surface area contributed by atoms with E-state index in [1.54, 1.807) is 0 Å². The molecule has 0 aromatic heterocycles. The molecular weight excluding hydrogens is 344 g/mol. The van der Waals surface area contributed by atoms with Crippen molar-refractivity contribution < 1.29 is 4.79 Å². The van der Waals surface area contributed by atoms with Gasteiger partial charge in [0.25, 0.3) is 0 Å². The second-order valence-corrected chi connectivity index (χ2v) is 8.13. The van der Waals surface area contributed by atoms with Gasteiger partial charge in [-0.2, -0.15) is 0 Å². The summed E-state index contributed by atoms with van der Waals surface area (Å²) in [5.74, 6) is 0.777. The predicted molar refractivity (Wildman–Crippen MR) is 106 cm³/mol. The summed E-state index contributed by atoms with van der Waals surface area (Å²) in [7, 11) is 0. The first-order valence-electron chi connectivity index (χ1n) is 9.43. The predicted octanol–water partition coefficient (Wildman–Crippen LogP) is 4.26. The van der Waals surface area contributed by atoms with Crippen LogP contribution in [0.3, 0.4) is 0 Å². The first kappa shape index (κ1) is 17.7. The number of carbonyl (C=O) groups is 1. The van der Waals surface area contributed by atoms with Crippen LogP contribution < -0.4 is 5.73 Å². The molecular formula is C22H25ClN2O. The number of hydrogen-bond donors (Lipinski definition) is 1. The zero-order valence-electron chi connectivity index (χ0n) is 14.9. The molecule has 3 nitrogen and oxygen atoms in total. The lowest BCUT2D eigenvalue weighted by molar-refractivity contribution is 0.0839. The minimum absolute atomic E-state index is 0.113. The lowest BCUT2D eigenvalue weighted by Crippen LogP contribution is -2.47. The van der Waals surface area contributed by atoms with E-state index in [4.69, 9.17) is 17.3 Å². The number of ketones is 1. The zero-order valence-corrected chi connectivity index (χ0v) is 15.7. The maximum Gasteiger partial charge on any atom is 0.164 e. The fraction of sp³-hybridized carbons (Fsp3) is 0.409. The van der Waals surface area contributed by atoms with Crippen LogP contribution in [0.5, 0.6) is 0 Å². The van der Waals surface area contributed by atoms with Crippen LogP contribution in [0.4, 0.5) is 0 Å². The van der Waals surface area contributed by atoms with Crippen LogP contribution in [0.1, 0.15) is 47.5 Å². The van der Waals surface area contributed by atoms with Crippen molar-refractivity contribution in [3.63, 3.8) is 0 Å². The lowest BCUT2D eigenvalue weighted by Gasteiger charge is -2.38. The van der Waals surface area contributed by atoms with Crippen LogP contribution in [0.15, 0.2) is 54.6 Å². The van der Waals surface area contributed by atoms with E-state index >= 15 is 0 Å². The molecule has 2 atom stereocenters. The molecule has 1 saturated carbocycles. The fourth-order valence-corrected chi connectivity index (χ4v) is 4.52. The SMILES string of the molecule is NC1CC1(CC(=O)c1ccccc1)N1CCC(c2ccc(Cl)cc2)CC1. The molecule has 0 bridgehead atoms. The van der Waals surface area contributed by atoms with Gasteiger partial charge < -0.3 is 5.73 Å². The summed E-state index contributed by atoms with van der Waals surface area (Å²) >= 11 is 6.00. The third-order valence-corrected chi connectivity index (χ3v) is 6.38. The molecule has 26 heavy (non-hydrogen) atoms. The molecule has 1 aliphatic heterocycles. The monoisotopic (exact) mass is 368 g/mol. The van der Waals surface area contributed by atoms with Gasteiger partial charge in [-0.1, -0.05) is 54.1 Å². The summed E-state index contributed by atoms with van der Waals surface area (Å²) in [5.41, 5.74) is 8.34. The largest absolute Gasteiger partial charge is 0.326 e. The normalized spacial score (nSPS) is 26.6. The van der Waals surface area contributed by atoms with Crippen LogP contribution in [0.25, 0.3) is 0 Å². The third-order valence-electron chi connectivity index (χ3n) is 6.13. The number of likely N-dealkylation sites (tertiary alicyclic amines) is 1. The molecule has 1 saturated heterocycles. The highest BCUT2D eigenvalue weighted by Gasteiger charge is 2.57. The maximum absolute atomic E-state index is 12.7. The Morgan fingerprint density at radius 2 is 1.69 bits per heavy atom. The average molecular weight is 369 g/mol. The Balaban J connectivity index is 1.41. The summed E-state index contributed by atoms with van der Waals surface area (Å²) < 4.78 is 0. The van der Waals surface area contributed by atoms with E-state index in [1.165, 1.54) is 5.56 Å². The van der Waals surface area contributed by atoms with Crippen molar-refractivity contribution in [3.8, 4) is 0 Å². The number of hydrogen-bond acceptors (Lipinski definition) is 3. The van der Waals surface area contributed by atoms with Gasteiger partial charge in [0.05, 0.1) is 0 Å². The molecule has 0 spiro atoms. The summed E-state index contributed by atoms with van der Waals surface area (Å²) in [6, 6.07) is 17.9.